The Morgan fingerprint density at radius 2 is 2.25 bits per heavy atom. The number of hydrogen-bond donors (Lipinski definition) is 1. The third-order valence-electron chi connectivity index (χ3n) is 2.45. The second-order valence-corrected chi connectivity index (χ2v) is 4.57. The second-order valence-electron chi connectivity index (χ2n) is 4.14. The van der Waals surface area contributed by atoms with Gasteiger partial charge in [0.15, 0.2) is 0 Å². The van der Waals surface area contributed by atoms with Crippen molar-refractivity contribution in [3.8, 4) is 0 Å². The molecule has 1 rings (SSSR count). The van der Waals surface area contributed by atoms with Crippen LogP contribution in [0.25, 0.3) is 0 Å². The summed E-state index contributed by atoms with van der Waals surface area (Å²) in [5.41, 5.74) is 1.30. The Bertz CT molecular complexity index is 304. The van der Waals surface area contributed by atoms with Gasteiger partial charge in [0, 0.05) is 18.7 Å². The first-order valence-corrected chi connectivity index (χ1v) is 6.04. The van der Waals surface area contributed by atoms with Gasteiger partial charge in [0.25, 0.3) is 0 Å². The van der Waals surface area contributed by atoms with Crippen LogP contribution < -0.4 is 5.32 Å². The molecule has 0 spiro atoms. The minimum atomic E-state index is 0.607. The van der Waals surface area contributed by atoms with E-state index in [9.17, 15) is 0 Å². The normalized spacial score (nSPS) is 12.7. The molecule has 90 valence electrons. The Hall–Kier alpha value is -0.570. The molecule has 0 aliphatic heterocycles. The van der Waals surface area contributed by atoms with Gasteiger partial charge in [0.05, 0.1) is 6.61 Å². The lowest BCUT2D eigenvalue weighted by Gasteiger charge is -2.12. The van der Waals surface area contributed by atoms with Gasteiger partial charge in [-0.3, -0.25) is 0 Å². The van der Waals surface area contributed by atoms with Gasteiger partial charge < -0.3 is 10.1 Å². The van der Waals surface area contributed by atoms with E-state index in [1.807, 2.05) is 18.2 Å². The fraction of sp³-hybridized carbons (Fsp3) is 0.538. The Balaban J connectivity index is 2.25. The highest BCUT2D eigenvalue weighted by atomic mass is 35.5. The molecule has 3 heteroatoms. The molecule has 0 aliphatic rings. The van der Waals surface area contributed by atoms with E-state index in [1.165, 1.54) is 5.56 Å². The first-order chi connectivity index (χ1) is 7.72. The maximum absolute atomic E-state index is 5.94. The van der Waals surface area contributed by atoms with Crippen LogP contribution in [0.3, 0.4) is 0 Å². The fourth-order valence-corrected chi connectivity index (χ4v) is 1.87. The van der Waals surface area contributed by atoms with Crippen LogP contribution in [0.4, 0.5) is 0 Å². The third kappa shape index (κ3) is 5.50. The maximum Gasteiger partial charge on any atom is 0.0587 e. The van der Waals surface area contributed by atoms with E-state index in [2.05, 4.69) is 18.3 Å². The summed E-state index contributed by atoms with van der Waals surface area (Å²) in [7, 11) is 1.72. The van der Waals surface area contributed by atoms with Crippen molar-refractivity contribution in [2.24, 2.45) is 5.92 Å². The highest BCUT2D eigenvalue weighted by Gasteiger charge is 2.03. The minimum absolute atomic E-state index is 0.607. The molecule has 1 N–H and O–H groups in total. The molecule has 0 aromatic heterocycles. The zero-order valence-electron chi connectivity index (χ0n) is 10.0. The molecule has 0 fully saturated rings. The first-order valence-electron chi connectivity index (χ1n) is 5.66. The van der Waals surface area contributed by atoms with E-state index in [0.29, 0.717) is 5.92 Å². The summed E-state index contributed by atoms with van der Waals surface area (Å²) in [6, 6.07) is 8.07. The van der Waals surface area contributed by atoms with E-state index in [4.69, 9.17) is 16.3 Å². The zero-order chi connectivity index (χ0) is 11.8. The fourth-order valence-electron chi connectivity index (χ4n) is 1.66. The van der Waals surface area contributed by atoms with E-state index in [-0.39, 0.29) is 0 Å². The summed E-state index contributed by atoms with van der Waals surface area (Å²) in [5.74, 6) is 0.607. The predicted molar refractivity (Wildman–Crippen MR) is 69.1 cm³/mol. The van der Waals surface area contributed by atoms with Crippen molar-refractivity contribution in [2.45, 2.75) is 13.3 Å². The van der Waals surface area contributed by atoms with Crippen molar-refractivity contribution >= 4 is 11.6 Å². The quantitative estimate of drug-likeness (QED) is 0.742. The zero-order valence-corrected chi connectivity index (χ0v) is 10.8. The van der Waals surface area contributed by atoms with Gasteiger partial charge in [-0.05, 0) is 36.6 Å². The Kier molecular flexibility index (Phi) is 6.46. The molecule has 1 aromatic rings. The number of halogens is 1. The lowest BCUT2D eigenvalue weighted by molar-refractivity contribution is 0.198. The molecule has 0 heterocycles. The Morgan fingerprint density at radius 3 is 2.94 bits per heavy atom. The average Bonchev–Trinajstić information content (AvgIpc) is 2.24. The van der Waals surface area contributed by atoms with E-state index in [0.717, 1.165) is 31.1 Å². The standard InChI is InChI=1S/C13H20ClNO/c1-11(10-15-6-7-16-2)8-12-4-3-5-13(14)9-12/h3-5,9,11,15H,6-8,10H2,1-2H3. The summed E-state index contributed by atoms with van der Waals surface area (Å²) in [6.07, 6.45) is 1.06. The SMILES string of the molecule is COCCNCC(C)Cc1cccc(Cl)c1. The largest absolute Gasteiger partial charge is 0.383 e. The molecular formula is C13H20ClNO. The number of ether oxygens (including phenoxy) is 1. The molecule has 1 unspecified atom stereocenters. The number of methoxy groups -OCH3 is 1. The molecule has 1 atom stereocenters. The number of benzene rings is 1. The van der Waals surface area contributed by atoms with Crippen LogP contribution in [0.15, 0.2) is 24.3 Å². The van der Waals surface area contributed by atoms with Gasteiger partial charge >= 0.3 is 0 Å². The highest BCUT2D eigenvalue weighted by Crippen LogP contribution is 2.13. The minimum Gasteiger partial charge on any atom is -0.383 e. The predicted octanol–water partition coefficient (Wildman–Crippen LogP) is 2.75. The Labute approximate surface area is 103 Å². The van der Waals surface area contributed by atoms with Crippen molar-refractivity contribution < 1.29 is 4.74 Å². The summed E-state index contributed by atoms with van der Waals surface area (Å²) < 4.78 is 4.98. The summed E-state index contributed by atoms with van der Waals surface area (Å²) in [6.45, 7) is 4.93. The summed E-state index contributed by atoms with van der Waals surface area (Å²) in [5, 5.41) is 4.18. The lowest BCUT2D eigenvalue weighted by Crippen LogP contribution is -2.25. The third-order valence-corrected chi connectivity index (χ3v) is 2.68. The van der Waals surface area contributed by atoms with Crippen molar-refractivity contribution in [3.05, 3.63) is 34.9 Å². The summed E-state index contributed by atoms with van der Waals surface area (Å²) in [4.78, 5) is 0. The number of nitrogens with one attached hydrogen (secondary N) is 1. The van der Waals surface area contributed by atoms with Gasteiger partial charge in [-0.1, -0.05) is 30.7 Å². The number of hydrogen-bond acceptors (Lipinski definition) is 2. The van der Waals surface area contributed by atoms with Crippen molar-refractivity contribution in [1.82, 2.24) is 5.32 Å². The molecule has 0 saturated carbocycles. The molecule has 0 radical (unpaired) electrons. The monoisotopic (exact) mass is 241 g/mol. The van der Waals surface area contributed by atoms with E-state index < -0.39 is 0 Å². The van der Waals surface area contributed by atoms with Crippen LogP contribution >= 0.6 is 11.6 Å². The molecule has 2 nitrogen and oxygen atoms in total. The van der Waals surface area contributed by atoms with Gasteiger partial charge in [-0.2, -0.15) is 0 Å². The molecule has 0 bridgehead atoms. The Morgan fingerprint density at radius 1 is 1.44 bits per heavy atom. The summed E-state index contributed by atoms with van der Waals surface area (Å²) >= 11 is 5.94. The van der Waals surface area contributed by atoms with Crippen LogP contribution in [-0.4, -0.2) is 26.8 Å². The van der Waals surface area contributed by atoms with E-state index in [1.54, 1.807) is 7.11 Å². The lowest BCUT2D eigenvalue weighted by atomic mass is 10.0. The van der Waals surface area contributed by atoms with Crippen molar-refractivity contribution in [1.29, 1.82) is 0 Å². The van der Waals surface area contributed by atoms with Crippen LogP contribution in [0, 0.1) is 5.92 Å². The topological polar surface area (TPSA) is 21.3 Å². The van der Waals surface area contributed by atoms with Gasteiger partial charge in [-0.15, -0.1) is 0 Å². The molecule has 0 aliphatic carbocycles. The second kappa shape index (κ2) is 7.66. The van der Waals surface area contributed by atoms with Gasteiger partial charge in [-0.25, -0.2) is 0 Å². The van der Waals surface area contributed by atoms with Crippen LogP contribution in [-0.2, 0) is 11.2 Å². The smallest absolute Gasteiger partial charge is 0.0587 e. The van der Waals surface area contributed by atoms with E-state index >= 15 is 0 Å². The number of rotatable bonds is 7. The van der Waals surface area contributed by atoms with Crippen molar-refractivity contribution in [3.63, 3.8) is 0 Å². The van der Waals surface area contributed by atoms with Crippen LogP contribution in [0.5, 0.6) is 0 Å². The first kappa shape index (κ1) is 13.5. The molecule has 1 aromatic carbocycles. The van der Waals surface area contributed by atoms with Crippen molar-refractivity contribution in [2.75, 3.05) is 26.8 Å². The van der Waals surface area contributed by atoms with Gasteiger partial charge in [0.1, 0.15) is 0 Å². The van der Waals surface area contributed by atoms with Crippen LogP contribution in [0.2, 0.25) is 5.02 Å². The van der Waals surface area contributed by atoms with Gasteiger partial charge in [0.2, 0.25) is 0 Å². The van der Waals surface area contributed by atoms with Crippen LogP contribution in [0.1, 0.15) is 12.5 Å². The maximum atomic E-state index is 5.94. The molecule has 0 saturated heterocycles. The molecular weight excluding hydrogens is 222 g/mol. The molecule has 0 amide bonds. The average molecular weight is 242 g/mol. The highest BCUT2D eigenvalue weighted by molar-refractivity contribution is 6.30. The molecule has 16 heavy (non-hydrogen) atoms.